The van der Waals surface area contributed by atoms with Crippen LogP contribution in [0.5, 0.6) is 0 Å². The molecule has 0 spiro atoms. The van der Waals surface area contributed by atoms with E-state index in [0.29, 0.717) is 0 Å². The summed E-state index contributed by atoms with van der Waals surface area (Å²) in [6.07, 6.45) is 2.22. The van der Waals surface area contributed by atoms with Gasteiger partial charge in [0.2, 0.25) is 0 Å². The Kier molecular flexibility index (Phi) is 4.79. The molecule has 0 unspecified atom stereocenters. The summed E-state index contributed by atoms with van der Waals surface area (Å²) in [7, 11) is 0. The summed E-state index contributed by atoms with van der Waals surface area (Å²) in [5.74, 6) is 0. The molecule has 0 saturated carbocycles. The van der Waals surface area contributed by atoms with E-state index in [1.54, 1.807) is 11.3 Å². The van der Waals surface area contributed by atoms with E-state index in [9.17, 15) is 0 Å². The van der Waals surface area contributed by atoms with Crippen LogP contribution < -0.4 is 0 Å². The van der Waals surface area contributed by atoms with Crippen molar-refractivity contribution in [2.75, 3.05) is 32.8 Å². The van der Waals surface area contributed by atoms with Gasteiger partial charge in [-0.1, -0.05) is 6.07 Å². The van der Waals surface area contributed by atoms with Gasteiger partial charge in [0.15, 0.2) is 0 Å². The summed E-state index contributed by atoms with van der Waals surface area (Å²) in [4.78, 5) is 7.24. The van der Waals surface area contributed by atoms with Crippen LogP contribution in [-0.4, -0.2) is 42.7 Å². The minimum atomic E-state index is 0.881. The first-order valence-electron chi connectivity index (χ1n) is 7.20. The van der Waals surface area contributed by atoms with E-state index in [2.05, 4.69) is 39.9 Å². The van der Waals surface area contributed by atoms with Crippen LogP contribution in [-0.2, 0) is 11.2 Å². The second-order valence-corrected chi connectivity index (χ2v) is 5.86. The molecular formula is C16H20N2OS. The summed E-state index contributed by atoms with van der Waals surface area (Å²) >= 11 is 1.72. The molecule has 20 heavy (non-hydrogen) atoms. The number of hydrogen-bond acceptors (Lipinski definition) is 4. The quantitative estimate of drug-likeness (QED) is 0.845. The Morgan fingerprint density at radius 3 is 2.90 bits per heavy atom. The molecule has 0 aliphatic carbocycles. The second kappa shape index (κ2) is 6.97. The molecular weight excluding hydrogens is 268 g/mol. The van der Waals surface area contributed by atoms with E-state index in [-0.39, 0.29) is 0 Å². The van der Waals surface area contributed by atoms with Gasteiger partial charge < -0.3 is 4.74 Å². The Morgan fingerprint density at radius 2 is 2.10 bits per heavy atom. The normalized spacial score (nSPS) is 16.4. The Hall–Kier alpha value is -1.23. The molecule has 1 fully saturated rings. The molecule has 0 bridgehead atoms. The number of nitrogens with zero attached hydrogens (tertiary/aromatic N) is 2. The van der Waals surface area contributed by atoms with Gasteiger partial charge in [-0.05, 0) is 43.0 Å². The van der Waals surface area contributed by atoms with Gasteiger partial charge >= 0.3 is 0 Å². The monoisotopic (exact) mass is 288 g/mol. The zero-order valence-corrected chi connectivity index (χ0v) is 12.4. The highest BCUT2D eigenvalue weighted by Gasteiger charge is 2.09. The number of pyridine rings is 1. The third-order valence-electron chi connectivity index (χ3n) is 3.63. The van der Waals surface area contributed by atoms with Crippen molar-refractivity contribution in [1.82, 2.24) is 9.88 Å². The molecule has 4 heteroatoms. The standard InChI is InChI=1S/C16H20N2OS/c1-3-15(4-2-7-18-8-10-19-11-9-18)17-16(5-1)14-6-12-20-13-14/h1,3,5-6,12-13H,2,4,7-11H2. The van der Waals surface area contributed by atoms with E-state index in [0.717, 1.165) is 45.0 Å². The van der Waals surface area contributed by atoms with Crippen LogP contribution in [0.1, 0.15) is 12.1 Å². The topological polar surface area (TPSA) is 25.4 Å². The highest BCUT2D eigenvalue weighted by atomic mass is 32.1. The number of hydrogen-bond donors (Lipinski definition) is 0. The van der Waals surface area contributed by atoms with E-state index in [1.807, 2.05) is 0 Å². The minimum Gasteiger partial charge on any atom is -0.379 e. The van der Waals surface area contributed by atoms with Crippen LogP contribution in [0.2, 0.25) is 0 Å². The fourth-order valence-electron chi connectivity index (χ4n) is 2.50. The average molecular weight is 288 g/mol. The molecule has 3 heterocycles. The average Bonchev–Trinajstić information content (AvgIpc) is 3.03. The van der Waals surface area contributed by atoms with E-state index in [4.69, 9.17) is 9.72 Å². The Bertz CT molecular complexity index is 521. The maximum absolute atomic E-state index is 5.37. The van der Waals surface area contributed by atoms with Crippen molar-refractivity contribution in [1.29, 1.82) is 0 Å². The molecule has 0 radical (unpaired) electrons. The van der Waals surface area contributed by atoms with Crippen molar-refractivity contribution in [2.24, 2.45) is 0 Å². The van der Waals surface area contributed by atoms with Crippen LogP contribution in [0.4, 0.5) is 0 Å². The van der Waals surface area contributed by atoms with E-state index < -0.39 is 0 Å². The molecule has 2 aromatic rings. The van der Waals surface area contributed by atoms with Crippen LogP contribution >= 0.6 is 11.3 Å². The van der Waals surface area contributed by atoms with Gasteiger partial charge in [0, 0.05) is 29.7 Å². The number of rotatable bonds is 5. The molecule has 2 aromatic heterocycles. The number of thiophene rings is 1. The minimum absolute atomic E-state index is 0.881. The molecule has 3 nitrogen and oxygen atoms in total. The van der Waals surface area contributed by atoms with Crippen molar-refractivity contribution >= 4 is 11.3 Å². The molecule has 1 aliphatic rings. The zero-order chi connectivity index (χ0) is 13.6. The summed E-state index contributed by atoms with van der Waals surface area (Å²) in [5, 5.41) is 4.25. The lowest BCUT2D eigenvalue weighted by Gasteiger charge is -2.26. The maximum atomic E-state index is 5.37. The summed E-state index contributed by atoms with van der Waals surface area (Å²) in [6.45, 7) is 5.05. The summed E-state index contributed by atoms with van der Waals surface area (Å²) in [5.41, 5.74) is 3.52. The van der Waals surface area contributed by atoms with Gasteiger partial charge in [-0.3, -0.25) is 9.88 Å². The van der Waals surface area contributed by atoms with Crippen LogP contribution in [0.3, 0.4) is 0 Å². The van der Waals surface area contributed by atoms with Crippen LogP contribution in [0.15, 0.2) is 35.0 Å². The third-order valence-corrected chi connectivity index (χ3v) is 4.32. The predicted molar refractivity (Wildman–Crippen MR) is 83.1 cm³/mol. The number of morpholine rings is 1. The first kappa shape index (κ1) is 13.7. The second-order valence-electron chi connectivity index (χ2n) is 5.08. The molecule has 1 aliphatic heterocycles. The Balaban J connectivity index is 1.53. The smallest absolute Gasteiger partial charge is 0.0713 e. The Labute approximate surface area is 124 Å². The molecule has 106 valence electrons. The zero-order valence-electron chi connectivity index (χ0n) is 11.6. The third kappa shape index (κ3) is 3.66. The Morgan fingerprint density at radius 1 is 1.20 bits per heavy atom. The summed E-state index contributed by atoms with van der Waals surface area (Å²) in [6, 6.07) is 8.47. The van der Waals surface area contributed by atoms with Crippen molar-refractivity contribution in [3.05, 3.63) is 40.7 Å². The van der Waals surface area contributed by atoms with Gasteiger partial charge in [-0.2, -0.15) is 11.3 Å². The maximum Gasteiger partial charge on any atom is 0.0713 e. The van der Waals surface area contributed by atoms with Crippen molar-refractivity contribution < 1.29 is 4.74 Å². The van der Waals surface area contributed by atoms with Gasteiger partial charge in [0.1, 0.15) is 0 Å². The van der Waals surface area contributed by atoms with Gasteiger partial charge in [-0.25, -0.2) is 0 Å². The van der Waals surface area contributed by atoms with Gasteiger partial charge in [0.25, 0.3) is 0 Å². The largest absolute Gasteiger partial charge is 0.379 e. The SMILES string of the molecule is c1cc(CCCN2CCOCC2)nc(-c2ccsc2)c1. The molecule has 3 rings (SSSR count). The van der Waals surface area contributed by atoms with Gasteiger partial charge in [0.05, 0.1) is 18.9 Å². The first-order valence-corrected chi connectivity index (χ1v) is 8.15. The van der Waals surface area contributed by atoms with E-state index >= 15 is 0 Å². The molecule has 0 amide bonds. The van der Waals surface area contributed by atoms with Crippen LogP contribution in [0, 0.1) is 0 Å². The lowest BCUT2D eigenvalue weighted by Crippen LogP contribution is -2.36. The van der Waals surface area contributed by atoms with Gasteiger partial charge in [-0.15, -0.1) is 0 Å². The van der Waals surface area contributed by atoms with Crippen molar-refractivity contribution in [3.63, 3.8) is 0 Å². The first-order chi connectivity index (χ1) is 9.92. The molecule has 0 atom stereocenters. The highest BCUT2D eigenvalue weighted by molar-refractivity contribution is 7.08. The summed E-state index contributed by atoms with van der Waals surface area (Å²) < 4.78 is 5.37. The fourth-order valence-corrected chi connectivity index (χ4v) is 3.15. The van der Waals surface area contributed by atoms with Crippen LogP contribution in [0.25, 0.3) is 11.3 Å². The highest BCUT2D eigenvalue weighted by Crippen LogP contribution is 2.20. The molecule has 0 aromatic carbocycles. The lowest BCUT2D eigenvalue weighted by molar-refractivity contribution is 0.0374. The predicted octanol–water partition coefficient (Wildman–Crippen LogP) is 3.07. The van der Waals surface area contributed by atoms with E-state index in [1.165, 1.54) is 17.7 Å². The molecule has 0 N–H and O–H groups in total. The number of aromatic nitrogens is 1. The van der Waals surface area contributed by atoms with Crippen molar-refractivity contribution in [2.45, 2.75) is 12.8 Å². The van der Waals surface area contributed by atoms with Crippen molar-refractivity contribution in [3.8, 4) is 11.3 Å². The number of aryl methyl sites for hydroxylation is 1. The molecule has 1 saturated heterocycles. The fraction of sp³-hybridized carbons (Fsp3) is 0.438. The lowest BCUT2D eigenvalue weighted by atomic mass is 10.1. The number of ether oxygens (including phenoxy) is 1.